The van der Waals surface area contributed by atoms with E-state index in [-0.39, 0.29) is 37.1 Å². The molecule has 184 valence electrons. The van der Waals surface area contributed by atoms with Crippen LogP contribution in [0.15, 0.2) is 24.3 Å². The summed E-state index contributed by atoms with van der Waals surface area (Å²) >= 11 is 0. The Labute approximate surface area is 195 Å². The monoisotopic (exact) mass is 463 g/mol. The largest absolute Gasteiger partial charge is 0.481 e. The summed E-state index contributed by atoms with van der Waals surface area (Å²) in [6.45, 7) is 7.46. The normalized spacial score (nSPS) is 18.7. The van der Waals surface area contributed by atoms with Gasteiger partial charge in [-0.3, -0.25) is 14.4 Å². The van der Waals surface area contributed by atoms with Crippen molar-refractivity contribution in [3.63, 3.8) is 0 Å². The van der Waals surface area contributed by atoms with Gasteiger partial charge in [0.15, 0.2) is 6.10 Å². The lowest BCUT2D eigenvalue weighted by atomic mass is 9.79. The summed E-state index contributed by atoms with van der Waals surface area (Å²) in [6.07, 6.45) is -1.29. The molecular weight excluding hydrogens is 426 g/mol. The highest BCUT2D eigenvalue weighted by molar-refractivity contribution is 5.97. The third-order valence-corrected chi connectivity index (χ3v) is 6.14. The molecule has 0 saturated heterocycles. The first kappa shape index (κ1) is 26.6. The third kappa shape index (κ3) is 6.91. The molecule has 1 aliphatic rings. The zero-order valence-electron chi connectivity index (χ0n) is 20.1. The van der Waals surface area contributed by atoms with Gasteiger partial charge in [0.05, 0.1) is 24.3 Å². The Bertz CT molecular complexity index is 856. The Kier molecular flexibility index (Phi) is 8.85. The molecular formula is C24H37N3O6. The number of aliphatic carboxylic acids is 1. The number of aliphatic hydroxyl groups excluding tert-OH is 1. The van der Waals surface area contributed by atoms with Gasteiger partial charge in [0.2, 0.25) is 5.91 Å². The first-order valence-corrected chi connectivity index (χ1v) is 11.3. The van der Waals surface area contributed by atoms with Crippen molar-refractivity contribution >= 4 is 23.5 Å². The number of nitrogens with zero attached hydrogens (tertiary/aromatic N) is 1. The number of carbonyl (C=O) groups excluding carboxylic acids is 2. The zero-order valence-corrected chi connectivity index (χ0v) is 20.1. The second-order valence-electron chi connectivity index (χ2n) is 9.89. The summed E-state index contributed by atoms with van der Waals surface area (Å²) in [5.41, 5.74) is 6.26. The molecule has 0 unspecified atom stereocenters. The molecule has 5 N–H and O–H groups in total. The molecule has 0 aliphatic carbocycles. The minimum atomic E-state index is -0.996. The molecule has 0 spiro atoms. The summed E-state index contributed by atoms with van der Waals surface area (Å²) in [6, 6.07) is 6.39. The predicted octanol–water partition coefficient (Wildman–Crippen LogP) is 1.77. The second kappa shape index (κ2) is 11.0. The number of aliphatic hydroxyl groups is 1. The molecule has 1 aliphatic heterocycles. The SMILES string of the molecule is CNC(=O)[C@H]1CN(C(=O)CC(C)(C)C[C@H](N)[C@@H](O)C[C@H](C(=O)O)C(C)C)c2ccccc2O1. The van der Waals surface area contributed by atoms with E-state index < -0.39 is 35.6 Å². The molecule has 33 heavy (non-hydrogen) atoms. The van der Waals surface area contributed by atoms with Crippen LogP contribution in [0.4, 0.5) is 5.69 Å². The van der Waals surface area contributed by atoms with Gasteiger partial charge in [0.25, 0.3) is 5.91 Å². The van der Waals surface area contributed by atoms with Crippen molar-refractivity contribution in [3.05, 3.63) is 24.3 Å². The van der Waals surface area contributed by atoms with Crippen LogP contribution in [0.1, 0.15) is 47.0 Å². The van der Waals surface area contributed by atoms with Crippen LogP contribution in [0.3, 0.4) is 0 Å². The van der Waals surface area contributed by atoms with E-state index in [1.54, 1.807) is 43.0 Å². The standard InChI is InChI=1S/C24H37N3O6/c1-14(2)15(23(31)32)10-18(28)16(25)11-24(3,4)12-21(29)27-13-20(22(30)26-5)33-19-9-7-6-8-17(19)27/h6-9,14-16,18,20,28H,10-13,25H2,1-5H3,(H,26,30)(H,31,32)/t15-,16-,18-,20+/m0/s1. The number of benzene rings is 1. The molecule has 0 fully saturated rings. The number of rotatable bonds is 10. The number of carboxylic acid groups (broad SMARTS) is 1. The fourth-order valence-corrected chi connectivity index (χ4v) is 4.21. The molecule has 0 radical (unpaired) electrons. The quantitative estimate of drug-likeness (QED) is 0.414. The zero-order chi connectivity index (χ0) is 24.9. The van der Waals surface area contributed by atoms with E-state index in [2.05, 4.69) is 5.32 Å². The minimum Gasteiger partial charge on any atom is -0.481 e. The van der Waals surface area contributed by atoms with E-state index in [0.29, 0.717) is 17.9 Å². The maximum Gasteiger partial charge on any atom is 0.306 e. The molecule has 1 aromatic carbocycles. The number of ether oxygens (including phenoxy) is 1. The van der Waals surface area contributed by atoms with E-state index in [1.165, 1.54) is 7.05 Å². The third-order valence-electron chi connectivity index (χ3n) is 6.14. The topological polar surface area (TPSA) is 142 Å². The van der Waals surface area contributed by atoms with Gasteiger partial charge >= 0.3 is 5.97 Å². The minimum absolute atomic E-state index is 0.0584. The molecule has 0 aromatic heterocycles. The number of fused-ring (bicyclic) bond motifs is 1. The molecule has 2 rings (SSSR count). The Morgan fingerprint density at radius 1 is 1.27 bits per heavy atom. The number of para-hydroxylation sites is 2. The summed E-state index contributed by atoms with van der Waals surface area (Å²) < 4.78 is 5.76. The van der Waals surface area contributed by atoms with Crippen molar-refractivity contribution in [1.29, 1.82) is 0 Å². The van der Waals surface area contributed by atoms with Crippen LogP contribution in [0, 0.1) is 17.3 Å². The van der Waals surface area contributed by atoms with Crippen molar-refractivity contribution in [3.8, 4) is 5.75 Å². The van der Waals surface area contributed by atoms with E-state index in [4.69, 9.17) is 10.5 Å². The van der Waals surface area contributed by atoms with Crippen LogP contribution in [0.5, 0.6) is 5.75 Å². The number of anilines is 1. The Morgan fingerprint density at radius 2 is 1.91 bits per heavy atom. The maximum atomic E-state index is 13.3. The van der Waals surface area contributed by atoms with Gasteiger partial charge in [-0.1, -0.05) is 39.8 Å². The Balaban J connectivity index is 2.09. The van der Waals surface area contributed by atoms with Crippen LogP contribution >= 0.6 is 0 Å². The van der Waals surface area contributed by atoms with Gasteiger partial charge in [-0.25, -0.2) is 0 Å². The molecule has 0 bridgehead atoms. The molecule has 1 aromatic rings. The molecule has 4 atom stereocenters. The van der Waals surface area contributed by atoms with Crippen molar-refractivity contribution in [2.24, 2.45) is 23.0 Å². The predicted molar refractivity (Wildman–Crippen MR) is 125 cm³/mol. The molecule has 9 heteroatoms. The number of amides is 2. The van der Waals surface area contributed by atoms with Crippen LogP contribution in [0.2, 0.25) is 0 Å². The summed E-state index contributed by atoms with van der Waals surface area (Å²) in [5, 5.41) is 22.5. The number of nitrogens with two attached hydrogens (primary N) is 1. The van der Waals surface area contributed by atoms with E-state index in [1.807, 2.05) is 13.8 Å². The lowest BCUT2D eigenvalue weighted by molar-refractivity contribution is -0.144. The molecule has 2 amide bonds. The van der Waals surface area contributed by atoms with Gasteiger partial charge in [-0.15, -0.1) is 0 Å². The van der Waals surface area contributed by atoms with Gasteiger partial charge in [0.1, 0.15) is 5.75 Å². The van der Waals surface area contributed by atoms with Crippen molar-refractivity contribution in [1.82, 2.24) is 5.32 Å². The van der Waals surface area contributed by atoms with Crippen molar-refractivity contribution in [2.75, 3.05) is 18.5 Å². The summed E-state index contributed by atoms with van der Waals surface area (Å²) in [4.78, 5) is 38.5. The number of likely N-dealkylation sites (N-methyl/N-ethyl adjacent to an activating group) is 1. The van der Waals surface area contributed by atoms with Gasteiger partial charge in [-0.05, 0) is 36.3 Å². The highest BCUT2D eigenvalue weighted by Crippen LogP contribution is 2.36. The number of nitrogens with one attached hydrogen (secondary N) is 1. The average Bonchev–Trinajstić information content (AvgIpc) is 2.74. The Morgan fingerprint density at radius 3 is 2.48 bits per heavy atom. The number of carboxylic acids is 1. The van der Waals surface area contributed by atoms with Gasteiger partial charge < -0.3 is 30.9 Å². The van der Waals surface area contributed by atoms with Crippen LogP contribution in [0.25, 0.3) is 0 Å². The highest BCUT2D eigenvalue weighted by Gasteiger charge is 2.37. The molecule has 1 heterocycles. The van der Waals surface area contributed by atoms with Crippen LogP contribution in [-0.4, -0.2) is 59.8 Å². The summed E-state index contributed by atoms with van der Waals surface area (Å²) in [7, 11) is 1.52. The molecule has 9 nitrogen and oxygen atoms in total. The lowest BCUT2D eigenvalue weighted by Crippen LogP contribution is -2.51. The number of hydrogen-bond acceptors (Lipinski definition) is 6. The Hall–Kier alpha value is -2.65. The van der Waals surface area contributed by atoms with Crippen LogP contribution in [-0.2, 0) is 14.4 Å². The lowest BCUT2D eigenvalue weighted by Gasteiger charge is -2.37. The van der Waals surface area contributed by atoms with Crippen LogP contribution < -0.4 is 20.7 Å². The summed E-state index contributed by atoms with van der Waals surface area (Å²) in [5.74, 6) is -1.82. The number of hydrogen-bond donors (Lipinski definition) is 4. The maximum absolute atomic E-state index is 13.3. The first-order chi connectivity index (χ1) is 15.4. The van der Waals surface area contributed by atoms with Crippen molar-refractivity contribution < 1.29 is 29.3 Å². The van der Waals surface area contributed by atoms with Gasteiger partial charge in [-0.2, -0.15) is 0 Å². The van der Waals surface area contributed by atoms with Gasteiger partial charge in [0, 0.05) is 19.5 Å². The second-order valence-corrected chi connectivity index (χ2v) is 9.89. The van der Waals surface area contributed by atoms with E-state index >= 15 is 0 Å². The highest BCUT2D eigenvalue weighted by atomic mass is 16.5. The fourth-order valence-electron chi connectivity index (χ4n) is 4.21. The smallest absolute Gasteiger partial charge is 0.306 e. The van der Waals surface area contributed by atoms with Crippen molar-refractivity contribution in [2.45, 2.75) is 65.2 Å². The first-order valence-electron chi connectivity index (χ1n) is 11.3. The van der Waals surface area contributed by atoms with E-state index in [0.717, 1.165) is 0 Å². The average molecular weight is 464 g/mol. The fraction of sp³-hybridized carbons (Fsp3) is 0.625. The van der Waals surface area contributed by atoms with E-state index in [9.17, 15) is 24.6 Å². The number of carbonyl (C=O) groups is 3. The molecule has 0 saturated carbocycles.